The van der Waals surface area contributed by atoms with Gasteiger partial charge in [-0.3, -0.25) is 0 Å². The van der Waals surface area contributed by atoms with Gasteiger partial charge >= 0.3 is 0 Å². The highest BCUT2D eigenvalue weighted by Crippen LogP contribution is 2.16. The third-order valence-corrected chi connectivity index (χ3v) is 3.19. The first-order valence-electron chi connectivity index (χ1n) is 6.64. The lowest BCUT2D eigenvalue weighted by Crippen LogP contribution is -2.29. The van der Waals surface area contributed by atoms with E-state index in [-0.39, 0.29) is 0 Å². The average molecular weight is 258 g/mol. The minimum atomic E-state index is -0.445. The zero-order valence-corrected chi connectivity index (χ0v) is 12.1. The van der Waals surface area contributed by atoms with Crippen LogP contribution < -0.4 is 5.73 Å². The molecule has 4 nitrogen and oxygen atoms in total. The fraction of sp³-hybridized carbons (Fsp3) is 0.467. The standard InChI is InChI=1S/C15H22N4/c1-11(2)13-7-5-12(6-8-13)9-19-10-14(17-18-19)15(3,4)16/h5-8,10-11H,9,16H2,1-4H3. The first-order valence-corrected chi connectivity index (χ1v) is 6.64. The number of benzene rings is 1. The Morgan fingerprint density at radius 3 is 2.32 bits per heavy atom. The van der Waals surface area contributed by atoms with Gasteiger partial charge in [-0.1, -0.05) is 43.3 Å². The van der Waals surface area contributed by atoms with Crippen LogP contribution in [-0.4, -0.2) is 15.0 Å². The maximum Gasteiger partial charge on any atom is 0.102 e. The summed E-state index contributed by atoms with van der Waals surface area (Å²) in [7, 11) is 0. The quantitative estimate of drug-likeness (QED) is 0.917. The highest BCUT2D eigenvalue weighted by atomic mass is 15.4. The van der Waals surface area contributed by atoms with Gasteiger partial charge in [-0.2, -0.15) is 0 Å². The molecule has 2 rings (SSSR count). The van der Waals surface area contributed by atoms with Gasteiger partial charge in [0.1, 0.15) is 5.69 Å². The maximum absolute atomic E-state index is 6.00. The molecule has 0 aliphatic carbocycles. The average Bonchev–Trinajstić information content (AvgIpc) is 2.78. The highest BCUT2D eigenvalue weighted by molar-refractivity contribution is 5.24. The van der Waals surface area contributed by atoms with Crippen molar-refractivity contribution in [3.05, 3.63) is 47.3 Å². The van der Waals surface area contributed by atoms with Crippen LogP contribution in [0.2, 0.25) is 0 Å². The molecule has 0 unspecified atom stereocenters. The third-order valence-electron chi connectivity index (χ3n) is 3.19. The Kier molecular flexibility index (Phi) is 3.71. The van der Waals surface area contributed by atoms with Gasteiger partial charge in [0, 0.05) is 0 Å². The number of nitrogens with two attached hydrogens (primary N) is 1. The molecule has 2 aromatic rings. The lowest BCUT2D eigenvalue weighted by molar-refractivity contribution is 0.533. The molecule has 0 bridgehead atoms. The summed E-state index contributed by atoms with van der Waals surface area (Å²) in [6.07, 6.45) is 1.91. The molecule has 19 heavy (non-hydrogen) atoms. The van der Waals surface area contributed by atoms with E-state index < -0.39 is 5.54 Å². The topological polar surface area (TPSA) is 56.7 Å². The molecule has 0 aliphatic rings. The van der Waals surface area contributed by atoms with Gasteiger partial charge in [-0.25, -0.2) is 4.68 Å². The van der Waals surface area contributed by atoms with Crippen molar-refractivity contribution in [1.29, 1.82) is 0 Å². The molecule has 1 aromatic heterocycles. The molecule has 2 N–H and O–H groups in total. The van der Waals surface area contributed by atoms with E-state index >= 15 is 0 Å². The van der Waals surface area contributed by atoms with Crippen molar-refractivity contribution in [3.63, 3.8) is 0 Å². The van der Waals surface area contributed by atoms with Crippen LogP contribution in [0.15, 0.2) is 30.5 Å². The van der Waals surface area contributed by atoms with Crippen molar-refractivity contribution in [2.75, 3.05) is 0 Å². The van der Waals surface area contributed by atoms with Crippen molar-refractivity contribution >= 4 is 0 Å². The van der Waals surface area contributed by atoms with Crippen LogP contribution in [0.1, 0.15) is 50.4 Å². The summed E-state index contributed by atoms with van der Waals surface area (Å²) >= 11 is 0. The number of hydrogen-bond donors (Lipinski definition) is 1. The van der Waals surface area contributed by atoms with E-state index in [1.165, 1.54) is 11.1 Å². The Morgan fingerprint density at radius 2 is 1.84 bits per heavy atom. The summed E-state index contributed by atoms with van der Waals surface area (Å²) in [5.74, 6) is 0.560. The molecule has 0 atom stereocenters. The van der Waals surface area contributed by atoms with Crippen molar-refractivity contribution in [2.45, 2.75) is 45.7 Å². The summed E-state index contributed by atoms with van der Waals surface area (Å²) in [5.41, 5.74) is 8.94. The highest BCUT2D eigenvalue weighted by Gasteiger charge is 2.18. The molecule has 0 spiro atoms. The lowest BCUT2D eigenvalue weighted by atomic mass is 10.0. The predicted octanol–water partition coefficient (Wildman–Crippen LogP) is 2.64. The van der Waals surface area contributed by atoms with Gasteiger partial charge in [0.05, 0.1) is 18.3 Å². The molecule has 1 aromatic carbocycles. The van der Waals surface area contributed by atoms with Crippen molar-refractivity contribution in [3.8, 4) is 0 Å². The zero-order valence-electron chi connectivity index (χ0n) is 12.1. The van der Waals surface area contributed by atoms with E-state index in [2.05, 4.69) is 48.4 Å². The maximum atomic E-state index is 6.00. The van der Waals surface area contributed by atoms with E-state index in [1.54, 1.807) is 0 Å². The minimum absolute atomic E-state index is 0.445. The molecular formula is C15H22N4. The summed E-state index contributed by atoms with van der Waals surface area (Å²) in [5, 5.41) is 8.24. The summed E-state index contributed by atoms with van der Waals surface area (Å²) in [6.45, 7) is 8.98. The molecule has 0 saturated carbocycles. The number of rotatable bonds is 4. The van der Waals surface area contributed by atoms with E-state index in [9.17, 15) is 0 Å². The monoisotopic (exact) mass is 258 g/mol. The second kappa shape index (κ2) is 5.13. The molecule has 0 aliphatic heterocycles. The van der Waals surface area contributed by atoms with Gasteiger partial charge in [0.15, 0.2) is 0 Å². The summed E-state index contributed by atoms with van der Waals surface area (Å²) in [4.78, 5) is 0. The fourth-order valence-electron chi connectivity index (χ4n) is 1.87. The molecular weight excluding hydrogens is 236 g/mol. The van der Waals surface area contributed by atoms with Crippen LogP contribution in [-0.2, 0) is 12.1 Å². The first kappa shape index (κ1) is 13.7. The van der Waals surface area contributed by atoms with Crippen LogP contribution in [0.25, 0.3) is 0 Å². The number of aromatic nitrogens is 3. The van der Waals surface area contributed by atoms with Gasteiger partial charge < -0.3 is 5.73 Å². The predicted molar refractivity (Wildman–Crippen MR) is 76.9 cm³/mol. The van der Waals surface area contributed by atoms with Crippen LogP contribution >= 0.6 is 0 Å². The van der Waals surface area contributed by atoms with Gasteiger partial charge in [-0.05, 0) is 30.9 Å². The largest absolute Gasteiger partial charge is 0.320 e. The molecule has 0 fully saturated rings. The summed E-state index contributed by atoms with van der Waals surface area (Å²) in [6, 6.07) is 8.63. The Hall–Kier alpha value is -1.68. The second-order valence-corrected chi connectivity index (χ2v) is 5.92. The minimum Gasteiger partial charge on any atom is -0.320 e. The SMILES string of the molecule is CC(C)c1ccc(Cn2cc(C(C)(C)N)nn2)cc1. The van der Waals surface area contributed by atoms with E-state index in [0.717, 1.165) is 12.2 Å². The van der Waals surface area contributed by atoms with Crippen molar-refractivity contribution in [1.82, 2.24) is 15.0 Å². The normalized spacial score (nSPS) is 12.1. The molecule has 0 radical (unpaired) electrons. The zero-order chi connectivity index (χ0) is 14.0. The first-order chi connectivity index (χ1) is 8.86. The Morgan fingerprint density at radius 1 is 1.21 bits per heavy atom. The van der Waals surface area contributed by atoms with Crippen molar-refractivity contribution in [2.24, 2.45) is 5.73 Å². The smallest absolute Gasteiger partial charge is 0.102 e. The number of nitrogens with zero attached hydrogens (tertiary/aromatic N) is 3. The van der Waals surface area contributed by atoms with Crippen molar-refractivity contribution < 1.29 is 0 Å². The summed E-state index contributed by atoms with van der Waals surface area (Å²) < 4.78 is 1.83. The van der Waals surface area contributed by atoms with Gasteiger partial charge in [0.2, 0.25) is 0 Å². The van der Waals surface area contributed by atoms with Crippen LogP contribution in [0, 0.1) is 0 Å². The van der Waals surface area contributed by atoms with Crippen LogP contribution in [0.4, 0.5) is 0 Å². The van der Waals surface area contributed by atoms with E-state index in [1.807, 2.05) is 24.7 Å². The molecule has 4 heteroatoms. The van der Waals surface area contributed by atoms with Crippen LogP contribution in [0.3, 0.4) is 0 Å². The molecule has 102 valence electrons. The second-order valence-electron chi connectivity index (χ2n) is 5.92. The third kappa shape index (κ3) is 3.41. The molecule has 1 heterocycles. The number of hydrogen-bond acceptors (Lipinski definition) is 3. The molecule has 0 amide bonds. The Bertz CT molecular complexity index is 532. The van der Waals surface area contributed by atoms with Crippen LogP contribution in [0.5, 0.6) is 0 Å². The Balaban J connectivity index is 2.11. The fourth-order valence-corrected chi connectivity index (χ4v) is 1.87. The van der Waals surface area contributed by atoms with Gasteiger partial charge in [0.25, 0.3) is 0 Å². The van der Waals surface area contributed by atoms with E-state index in [4.69, 9.17) is 5.73 Å². The molecule has 0 saturated heterocycles. The Labute approximate surface area is 114 Å². The van der Waals surface area contributed by atoms with Gasteiger partial charge in [-0.15, -0.1) is 5.10 Å². The van der Waals surface area contributed by atoms with E-state index in [0.29, 0.717) is 5.92 Å². The lowest BCUT2D eigenvalue weighted by Gasteiger charge is -2.13.